The van der Waals surface area contributed by atoms with Crippen molar-refractivity contribution in [3.63, 3.8) is 0 Å². The molecule has 0 unspecified atom stereocenters. The van der Waals surface area contributed by atoms with Gasteiger partial charge in [-0.05, 0) is 17.5 Å². The Morgan fingerprint density at radius 3 is 2.40 bits per heavy atom. The molecule has 0 bridgehead atoms. The van der Waals surface area contributed by atoms with Crippen LogP contribution in [0.4, 0.5) is 0 Å². The lowest BCUT2D eigenvalue weighted by atomic mass is 10.1. The Hall–Kier alpha value is -2.55. The molecule has 3 aromatic rings. The van der Waals surface area contributed by atoms with Gasteiger partial charge in [-0.15, -0.1) is 0 Å². The van der Waals surface area contributed by atoms with E-state index < -0.39 is 0 Å². The molecule has 1 heterocycles. The summed E-state index contributed by atoms with van der Waals surface area (Å²) in [5.74, 6) is 1.44. The highest BCUT2D eigenvalue weighted by Gasteiger charge is 2.10. The first-order valence-corrected chi connectivity index (χ1v) is 6.39. The summed E-state index contributed by atoms with van der Waals surface area (Å²) < 4.78 is 10.7. The second kappa shape index (κ2) is 5.21. The van der Waals surface area contributed by atoms with Gasteiger partial charge in [0.1, 0.15) is 0 Å². The molecule has 0 aliphatic rings. The number of nitrogens with zero attached hydrogens (tertiary/aromatic N) is 1. The summed E-state index contributed by atoms with van der Waals surface area (Å²) in [6.07, 6.45) is 1.83. The SMILES string of the molecule is COc1ccc2cc(-c3ccccc3)ncc2c1OC. The number of fused-ring (bicyclic) bond motifs is 1. The Labute approximate surface area is 117 Å². The number of benzene rings is 2. The first-order valence-electron chi connectivity index (χ1n) is 6.39. The van der Waals surface area contributed by atoms with E-state index in [2.05, 4.69) is 23.2 Å². The molecule has 0 saturated heterocycles. The van der Waals surface area contributed by atoms with Crippen LogP contribution in [-0.4, -0.2) is 19.2 Å². The van der Waals surface area contributed by atoms with Gasteiger partial charge < -0.3 is 9.47 Å². The fourth-order valence-electron chi connectivity index (χ4n) is 2.31. The van der Waals surface area contributed by atoms with Crippen molar-refractivity contribution in [2.24, 2.45) is 0 Å². The number of hydrogen-bond acceptors (Lipinski definition) is 3. The predicted octanol–water partition coefficient (Wildman–Crippen LogP) is 3.92. The maximum atomic E-state index is 5.43. The fourth-order valence-corrected chi connectivity index (χ4v) is 2.31. The molecule has 0 radical (unpaired) electrons. The molecule has 0 saturated carbocycles. The van der Waals surface area contributed by atoms with Gasteiger partial charge in [0.15, 0.2) is 11.5 Å². The minimum Gasteiger partial charge on any atom is -0.493 e. The summed E-state index contributed by atoms with van der Waals surface area (Å²) in [4.78, 5) is 4.53. The first kappa shape index (κ1) is 12.5. The largest absolute Gasteiger partial charge is 0.493 e. The van der Waals surface area contributed by atoms with E-state index in [1.165, 1.54) is 0 Å². The van der Waals surface area contributed by atoms with Crippen LogP contribution in [0.5, 0.6) is 11.5 Å². The van der Waals surface area contributed by atoms with Crippen LogP contribution < -0.4 is 9.47 Å². The third-order valence-corrected chi connectivity index (χ3v) is 3.31. The van der Waals surface area contributed by atoms with Crippen molar-refractivity contribution in [1.82, 2.24) is 4.98 Å². The van der Waals surface area contributed by atoms with Crippen LogP contribution in [-0.2, 0) is 0 Å². The van der Waals surface area contributed by atoms with Crippen molar-refractivity contribution in [1.29, 1.82) is 0 Å². The number of rotatable bonds is 3. The molecule has 0 atom stereocenters. The Bertz CT molecular complexity index is 739. The van der Waals surface area contributed by atoms with E-state index in [4.69, 9.17) is 9.47 Å². The molecule has 20 heavy (non-hydrogen) atoms. The van der Waals surface area contributed by atoms with Gasteiger partial charge in [0, 0.05) is 17.1 Å². The Morgan fingerprint density at radius 1 is 0.900 bits per heavy atom. The van der Waals surface area contributed by atoms with Crippen LogP contribution in [0, 0.1) is 0 Å². The molecule has 3 heteroatoms. The molecule has 1 aromatic heterocycles. The Kier molecular flexibility index (Phi) is 3.25. The highest BCUT2D eigenvalue weighted by molar-refractivity contribution is 5.92. The molecular weight excluding hydrogens is 250 g/mol. The highest BCUT2D eigenvalue weighted by Crippen LogP contribution is 2.36. The standard InChI is InChI=1S/C17H15NO2/c1-19-16-9-8-13-10-15(12-6-4-3-5-7-12)18-11-14(13)17(16)20-2/h3-11H,1-2H3. The van der Waals surface area contributed by atoms with Crippen LogP contribution in [0.3, 0.4) is 0 Å². The van der Waals surface area contributed by atoms with Gasteiger partial charge >= 0.3 is 0 Å². The van der Waals surface area contributed by atoms with E-state index in [0.29, 0.717) is 5.75 Å². The van der Waals surface area contributed by atoms with E-state index in [1.54, 1.807) is 14.2 Å². The van der Waals surface area contributed by atoms with Crippen molar-refractivity contribution in [2.75, 3.05) is 14.2 Å². The fraction of sp³-hybridized carbons (Fsp3) is 0.118. The average molecular weight is 265 g/mol. The van der Waals surface area contributed by atoms with Gasteiger partial charge in [0.25, 0.3) is 0 Å². The summed E-state index contributed by atoms with van der Waals surface area (Å²) in [6.45, 7) is 0. The monoisotopic (exact) mass is 265 g/mol. The van der Waals surface area contributed by atoms with Crippen molar-refractivity contribution < 1.29 is 9.47 Å². The molecule has 3 nitrogen and oxygen atoms in total. The molecule has 2 aromatic carbocycles. The smallest absolute Gasteiger partial charge is 0.170 e. The summed E-state index contributed by atoms with van der Waals surface area (Å²) in [7, 11) is 3.28. The third-order valence-electron chi connectivity index (χ3n) is 3.31. The number of methoxy groups -OCH3 is 2. The number of aromatic nitrogens is 1. The molecule has 0 N–H and O–H groups in total. The quantitative estimate of drug-likeness (QED) is 0.719. The Balaban J connectivity index is 2.18. The van der Waals surface area contributed by atoms with Gasteiger partial charge in [-0.2, -0.15) is 0 Å². The maximum absolute atomic E-state index is 5.43. The molecule has 0 aliphatic heterocycles. The second-order valence-electron chi connectivity index (χ2n) is 4.46. The van der Waals surface area contributed by atoms with Crippen molar-refractivity contribution in [3.8, 4) is 22.8 Å². The first-order chi connectivity index (χ1) is 9.83. The van der Waals surface area contributed by atoms with Crippen molar-refractivity contribution in [3.05, 3.63) is 54.7 Å². The van der Waals surface area contributed by atoms with Crippen LogP contribution in [0.1, 0.15) is 0 Å². The summed E-state index contributed by atoms with van der Waals surface area (Å²) >= 11 is 0. The van der Waals surface area contributed by atoms with Gasteiger partial charge in [-0.3, -0.25) is 4.98 Å². The normalized spacial score (nSPS) is 10.5. The molecule has 0 amide bonds. The minimum absolute atomic E-state index is 0.717. The lowest BCUT2D eigenvalue weighted by Crippen LogP contribution is -1.92. The lowest BCUT2D eigenvalue weighted by Gasteiger charge is -2.11. The third kappa shape index (κ3) is 2.07. The topological polar surface area (TPSA) is 31.4 Å². The average Bonchev–Trinajstić information content (AvgIpc) is 2.54. The molecule has 0 aliphatic carbocycles. The second-order valence-corrected chi connectivity index (χ2v) is 4.46. The van der Waals surface area contributed by atoms with Crippen LogP contribution in [0.2, 0.25) is 0 Å². The molecule has 3 rings (SSSR count). The minimum atomic E-state index is 0.717. The Morgan fingerprint density at radius 2 is 1.70 bits per heavy atom. The van der Waals surface area contributed by atoms with Gasteiger partial charge in [0.05, 0.1) is 19.9 Å². The van der Waals surface area contributed by atoms with Crippen LogP contribution in [0.15, 0.2) is 54.7 Å². The maximum Gasteiger partial charge on any atom is 0.170 e. The zero-order valence-electron chi connectivity index (χ0n) is 11.5. The predicted molar refractivity (Wildman–Crippen MR) is 80.3 cm³/mol. The van der Waals surface area contributed by atoms with E-state index in [1.807, 2.05) is 36.5 Å². The van der Waals surface area contributed by atoms with Crippen LogP contribution >= 0.6 is 0 Å². The van der Waals surface area contributed by atoms with Crippen molar-refractivity contribution in [2.45, 2.75) is 0 Å². The van der Waals surface area contributed by atoms with E-state index in [0.717, 1.165) is 27.8 Å². The molecule has 100 valence electrons. The summed E-state index contributed by atoms with van der Waals surface area (Å²) in [6, 6.07) is 16.1. The zero-order valence-corrected chi connectivity index (χ0v) is 11.5. The van der Waals surface area contributed by atoms with E-state index in [-0.39, 0.29) is 0 Å². The van der Waals surface area contributed by atoms with Crippen molar-refractivity contribution >= 4 is 10.8 Å². The van der Waals surface area contributed by atoms with E-state index >= 15 is 0 Å². The lowest BCUT2D eigenvalue weighted by molar-refractivity contribution is 0.358. The molecule has 0 fully saturated rings. The number of pyridine rings is 1. The van der Waals surface area contributed by atoms with Crippen LogP contribution in [0.25, 0.3) is 22.0 Å². The molecular formula is C17H15NO2. The van der Waals surface area contributed by atoms with Gasteiger partial charge in [-0.1, -0.05) is 36.4 Å². The summed E-state index contributed by atoms with van der Waals surface area (Å²) in [5, 5.41) is 2.03. The molecule has 0 spiro atoms. The summed E-state index contributed by atoms with van der Waals surface area (Å²) in [5.41, 5.74) is 2.05. The number of hydrogen-bond donors (Lipinski definition) is 0. The van der Waals surface area contributed by atoms with Gasteiger partial charge in [-0.25, -0.2) is 0 Å². The van der Waals surface area contributed by atoms with E-state index in [9.17, 15) is 0 Å². The number of ether oxygens (including phenoxy) is 2. The van der Waals surface area contributed by atoms with Gasteiger partial charge in [0.2, 0.25) is 0 Å². The zero-order chi connectivity index (χ0) is 13.9. The highest BCUT2D eigenvalue weighted by atomic mass is 16.5.